The summed E-state index contributed by atoms with van der Waals surface area (Å²) in [7, 11) is 0. The van der Waals surface area contributed by atoms with E-state index >= 15 is 0 Å². The van der Waals surface area contributed by atoms with Gasteiger partial charge in [0.1, 0.15) is 11.2 Å². The number of furan rings is 1. The lowest BCUT2D eigenvalue weighted by Crippen LogP contribution is -2.09. The van der Waals surface area contributed by atoms with E-state index < -0.39 is 0 Å². The molecule has 0 aliphatic rings. The lowest BCUT2D eigenvalue weighted by molar-refractivity contribution is 0.669. The maximum absolute atomic E-state index is 6.24. The molecule has 0 spiro atoms. The summed E-state index contributed by atoms with van der Waals surface area (Å²) in [5, 5.41) is 4.85. The molecule has 296 valence electrons. The highest BCUT2D eigenvalue weighted by molar-refractivity contribution is 7.25. The Hall–Kier alpha value is -7.98. The molecule has 2 aromatic heterocycles. The van der Waals surface area contributed by atoms with Crippen molar-refractivity contribution in [1.82, 2.24) is 0 Å². The monoisotopic (exact) mass is 821 g/mol. The van der Waals surface area contributed by atoms with Crippen molar-refractivity contribution in [3.8, 4) is 55.6 Å². The van der Waals surface area contributed by atoms with Crippen LogP contribution >= 0.6 is 11.3 Å². The SMILES string of the molecule is c1ccc(-c2ccc(N(c3ccc(-c4ccccc4)cc3)c3ccc(-c4cc(-c5ccc6oc7ccccc7c6c5)cc(-c5ccc6sc7ccccc7c6c5)c4)cc3)cc2)cc1. The van der Waals surface area contributed by atoms with E-state index in [1.54, 1.807) is 0 Å². The van der Waals surface area contributed by atoms with Crippen LogP contribution in [0.15, 0.2) is 241 Å². The Morgan fingerprint density at radius 2 is 0.651 bits per heavy atom. The molecule has 63 heavy (non-hydrogen) atoms. The maximum Gasteiger partial charge on any atom is 0.135 e. The predicted molar refractivity (Wildman–Crippen MR) is 268 cm³/mol. The Morgan fingerprint density at radius 3 is 1.24 bits per heavy atom. The molecule has 2 heterocycles. The van der Waals surface area contributed by atoms with E-state index in [0.717, 1.165) is 61.3 Å². The van der Waals surface area contributed by atoms with Crippen LogP contribution in [0.1, 0.15) is 0 Å². The van der Waals surface area contributed by atoms with Crippen LogP contribution in [0.5, 0.6) is 0 Å². The average molecular weight is 822 g/mol. The highest BCUT2D eigenvalue weighted by Crippen LogP contribution is 2.42. The number of nitrogens with zero attached hydrogens (tertiary/aromatic N) is 1. The topological polar surface area (TPSA) is 16.4 Å². The fraction of sp³-hybridized carbons (Fsp3) is 0. The lowest BCUT2D eigenvalue weighted by Gasteiger charge is -2.26. The van der Waals surface area contributed by atoms with Crippen molar-refractivity contribution < 1.29 is 4.42 Å². The van der Waals surface area contributed by atoms with Crippen molar-refractivity contribution in [2.75, 3.05) is 4.90 Å². The summed E-state index contributed by atoms with van der Waals surface area (Å²) in [6.07, 6.45) is 0. The van der Waals surface area contributed by atoms with E-state index in [1.807, 2.05) is 23.5 Å². The van der Waals surface area contributed by atoms with Gasteiger partial charge >= 0.3 is 0 Å². The molecule has 0 amide bonds. The Morgan fingerprint density at radius 1 is 0.254 bits per heavy atom. The first kappa shape index (κ1) is 36.8. The summed E-state index contributed by atoms with van der Waals surface area (Å²) >= 11 is 1.85. The third kappa shape index (κ3) is 6.86. The second-order valence-corrected chi connectivity index (χ2v) is 17.2. The minimum atomic E-state index is 0.899. The normalized spacial score (nSPS) is 11.5. The fourth-order valence-electron chi connectivity index (χ4n) is 9.06. The van der Waals surface area contributed by atoms with Gasteiger partial charge in [0.2, 0.25) is 0 Å². The van der Waals surface area contributed by atoms with Gasteiger partial charge in [0, 0.05) is 48.0 Å². The molecular formula is C60H39NOS. The predicted octanol–water partition coefficient (Wildman–Crippen LogP) is 17.8. The fourth-order valence-corrected chi connectivity index (χ4v) is 10.1. The summed E-state index contributed by atoms with van der Waals surface area (Å²) < 4.78 is 8.86. The zero-order valence-corrected chi connectivity index (χ0v) is 35.1. The van der Waals surface area contributed by atoms with Gasteiger partial charge in [0.15, 0.2) is 0 Å². The number of para-hydroxylation sites is 1. The first-order chi connectivity index (χ1) is 31.2. The zero-order chi connectivity index (χ0) is 41.7. The zero-order valence-electron chi connectivity index (χ0n) is 34.3. The number of rotatable bonds is 8. The number of anilines is 3. The van der Waals surface area contributed by atoms with Gasteiger partial charge in [-0.2, -0.15) is 0 Å². The third-order valence-electron chi connectivity index (χ3n) is 12.3. The van der Waals surface area contributed by atoms with Crippen LogP contribution in [0.25, 0.3) is 97.7 Å². The molecule has 0 aliphatic heterocycles. The van der Waals surface area contributed by atoms with Gasteiger partial charge in [-0.25, -0.2) is 0 Å². The molecule has 12 rings (SSSR count). The summed E-state index contributed by atoms with van der Waals surface area (Å²) in [5.41, 5.74) is 16.9. The molecule has 0 saturated carbocycles. The van der Waals surface area contributed by atoms with Gasteiger partial charge in [-0.15, -0.1) is 11.3 Å². The summed E-state index contributed by atoms with van der Waals surface area (Å²) in [4.78, 5) is 2.35. The van der Waals surface area contributed by atoms with Crippen molar-refractivity contribution in [2.45, 2.75) is 0 Å². The second-order valence-electron chi connectivity index (χ2n) is 16.1. The Labute approximate surface area is 370 Å². The Bertz CT molecular complexity index is 3370. The van der Waals surface area contributed by atoms with E-state index in [4.69, 9.17) is 4.42 Å². The second kappa shape index (κ2) is 15.5. The van der Waals surface area contributed by atoms with Crippen LogP contribution in [-0.4, -0.2) is 0 Å². The molecule has 0 N–H and O–H groups in total. The van der Waals surface area contributed by atoms with Crippen molar-refractivity contribution in [1.29, 1.82) is 0 Å². The highest BCUT2D eigenvalue weighted by Gasteiger charge is 2.16. The van der Waals surface area contributed by atoms with Gasteiger partial charge in [-0.1, -0.05) is 146 Å². The quantitative estimate of drug-likeness (QED) is 0.152. The van der Waals surface area contributed by atoms with Crippen molar-refractivity contribution in [3.63, 3.8) is 0 Å². The molecular weight excluding hydrogens is 783 g/mol. The first-order valence-corrected chi connectivity index (χ1v) is 22.2. The van der Waals surface area contributed by atoms with Crippen LogP contribution < -0.4 is 4.90 Å². The average Bonchev–Trinajstić information content (AvgIpc) is 3.93. The van der Waals surface area contributed by atoms with Crippen molar-refractivity contribution >= 4 is 70.5 Å². The number of hydrogen-bond donors (Lipinski definition) is 0. The van der Waals surface area contributed by atoms with E-state index in [2.05, 4.69) is 229 Å². The van der Waals surface area contributed by atoms with Crippen molar-refractivity contribution in [2.24, 2.45) is 0 Å². The number of thiophene rings is 1. The molecule has 0 fully saturated rings. The van der Waals surface area contributed by atoms with Gasteiger partial charge in [0.25, 0.3) is 0 Å². The summed E-state index contributed by atoms with van der Waals surface area (Å²) in [6.45, 7) is 0. The summed E-state index contributed by atoms with van der Waals surface area (Å²) in [6, 6.07) is 85.5. The molecule has 0 atom stereocenters. The molecule has 2 nitrogen and oxygen atoms in total. The van der Waals surface area contributed by atoms with Crippen LogP contribution in [0, 0.1) is 0 Å². The van der Waals surface area contributed by atoms with Crippen LogP contribution in [0.4, 0.5) is 17.1 Å². The highest BCUT2D eigenvalue weighted by atomic mass is 32.1. The first-order valence-electron chi connectivity index (χ1n) is 21.4. The molecule has 12 aromatic rings. The van der Waals surface area contributed by atoms with Crippen LogP contribution in [-0.2, 0) is 0 Å². The minimum Gasteiger partial charge on any atom is -0.456 e. The molecule has 0 radical (unpaired) electrons. The molecule has 10 aromatic carbocycles. The number of fused-ring (bicyclic) bond motifs is 6. The van der Waals surface area contributed by atoms with Gasteiger partial charge < -0.3 is 9.32 Å². The maximum atomic E-state index is 6.24. The van der Waals surface area contributed by atoms with Crippen LogP contribution in [0.2, 0.25) is 0 Å². The third-order valence-corrected chi connectivity index (χ3v) is 13.4. The van der Waals surface area contributed by atoms with Crippen molar-refractivity contribution in [3.05, 3.63) is 237 Å². The molecule has 0 bridgehead atoms. The minimum absolute atomic E-state index is 0.899. The molecule has 0 saturated heterocycles. The van der Waals surface area contributed by atoms with E-state index in [9.17, 15) is 0 Å². The van der Waals surface area contributed by atoms with Crippen LogP contribution in [0.3, 0.4) is 0 Å². The number of benzene rings is 10. The molecule has 3 heteroatoms. The Kier molecular flexibility index (Phi) is 9.06. The number of hydrogen-bond acceptors (Lipinski definition) is 3. The van der Waals surface area contributed by atoms with E-state index in [-0.39, 0.29) is 0 Å². The standard InChI is InChI=1S/C60H39NOS/c1-3-11-40(12-4-1)42-19-27-50(28-20-42)61(51-29-21-43(22-30-51)41-13-5-2-6-14-41)52-31-23-44(24-32-52)47-35-48(45-25-33-58-55(38-45)53-15-7-9-17-57(53)62-58)37-49(36-47)46-26-34-60-56(39-46)54-16-8-10-18-59(54)63-60/h1-39H. The Balaban J connectivity index is 0.970. The molecule has 0 unspecified atom stereocenters. The van der Waals surface area contributed by atoms with Gasteiger partial charge in [-0.05, 0) is 147 Å². The largest absolute Gasteiger partial charge is 0.456 e. The van der Waals surface area contributed by atoms with E-state index in [1.165, 1.54) is 53.6 Å². The smallest absolute Gasteiger partial charge is 0.135 e. The lowest BCUT2D eigenvalue weighted by atomic mass is 9.92. The van der Waals surface area contributed by atoms with Gasteiger partial charge in [0.05, 0.1) is 0 Å². The van der Waals surface area contributed by atoms with E-state index in [0.29, 0.717) is 0 Å². The summed E-state index contributed by atoms with van der Waals surface area (Å²) in [5.74, 6) is 0. The van der Waals surface area contributed by atoms with Gasteiger partial charge in [-0.3, -0.25) is 0 Å². The molecule has 0 aliphatic carbocycles.